The van der Waals surface area contributed by atoms with E-state index < -0.39 is 60.0 Å². The number of hydrogen-bond donors (Lipinski definition) is 0. The highest BCUT2D eigenvalue weighted by Gasteiger charge is 2.33. The second-order valence-electron chi connectivity index (χ2n) is 11.9. The highest BCUT2D eigenvalue weighted by Crippen LogP contribution is 2.33. The topological polar surface area (TPSA) is 125 Å². The second kappa shape index (κ2) is 16.9. The highest BCUT2D eigenvalue weighted by molar-refractivity contribution is 5.92. The number of imidazole rings is 2. The van der Waals surface area contributed by atoms with Crippen LogP contribution in [-0.4, -0.2) is 57.3 Å². The zero-order valence-corrected chi connectivity index (χ0v) is 29.9. The minimum absolute atomic E-state index is 0.00948. The summed E-state index contributed by atoms with van der Waals surface area (Å²) < 4.78 is 126. The van der Waals surface area contributed by atoms with Crippen molar-refractivity contribution in [1.29, 1.82) is 0 Å². The summed E-state index contributed by atoms with van der Waals surface area (Å²) in [6, 6.07) is 15.9. The van der Waals surface area contributed by atoms with Gasteiger partial charge in [0, 0.05) is 37.5 Å². The number of carbonyl (C=O) groups excluding carboxylic acids is 2. The Balaban J connectivity index is 1.28. The number of fused-ring (bicyclic) bond motifs is 2. The van der Waals surface area contributed by atoms with Crippen LogP contribution in [0.1, 0.15) is 48.8 Å². The number of aromatic nitrogens is 4. The zero-order valence-electron chi connectivity index (χ0n) is 29.9. The highest BCUT2D eigenvalue weighted by atomic mass is 19.4. The fourth-order valence-corrected chi connectivity index (χ4v) is 5.66. The van der Waals surface area contributed by atoms with Gasteiger partial charge in [-0.25, -0.2) is 28.3 Å². The quantitative estimate of drug-likeness (QED) is 0.0792. The fraction of sp³-hybridized carbons (Fsp3) is 0.211. The van der Waals surface area contributed by atoms with Crippen LogP contribution in [0.15, 0.2) is 97.1 Å². The van der Waals surface area contributed by atoms with E-state index in [1.165, 1.54) is 36.4 Å². The van der Waals surface area contributed by atoms with Crippen LogP contribution in [0.2, 0.25) is 0 Å². The van der Waals surface area contributed by atoms with Crippen molar-refractivity contribution in [3.8, 4) is 11.5 Å². The van der Waals surface area contributed by atoms with Gasteiger partial charge in [0.2, 0.25) is 0 Å². The molecule has 0 N–H and O–H groups in total. The van der Waals surface area contributed by atoms with Gasteiger partial charge in [-0.2, -0.15) is 9.46 Å². The number of rotatable bonds is 14. The molecule has 2 unspecified atom stereocenters. The molecule has 0 spiro atoms. The average Bonchev–Trinajstić information content (AvgIpc) is 3.67. The molecule has 0 amide bonds. The van der Waals surface area contributed by atoms with Crippen molar-refractivity contribution in [2.45, 2.75) is 38.8 Å². The molecule has 2 heterocycles. The van der Waals surface area contributed by atoms with Crippen molar-refractivity contribution in [2.24, 2.45) is 0 Å². The molecule has 0 aliphatic heterocycles. The predicted molar refractivity (Wildman–Crippen MR) is 185 cm³/mol. The normalized spacial score (nSPS) is 13.2. The van der Waals surface area contributed by atoms with Crippen molar-refractivity contribution in [2.75, 3.05) is 13.2 Å². The Morgan fingerprint density at radius 1 is 0.603 bits per heavy atom. The molecule has 0 bridgehead atoms. The van der Waals surface area contributed by atoms with E-state index in [0.717, 1.165) is 58.0 Å². The Morgan fingerprint density at radius 2 is 0.966 bits per heavy atom. The monoisotopic (exact) mass is 820 g/mol. The lowest BCUT2D eigenvalue weighted by molar-refractivity contribution is -0.275. The first-order chi connectivity index (χ1) is 27.5. The van der Waals surface area contributed by atoms with Crippen molar-refractivity contribution in [1.82, 2.24) is 19.4 Å². The Kier molecular flexibility index (Phi) is 12.0. The molecular formula is C38H28F8N4O8. The summed E-state index contributed by atoms with van der Waals surface area (Å²) in [5, 5.41) is 0. The maximum atomic E-state index is 14.2. The van der Waals surface area contributed by atoms with E-state index in [2.05, 4.69) is 19.4 Å². The van der Waals surface area contributed by atoms with Crippen LogP contribution >= 0.6 is 0 Å². The van der Waals surface area contributed by atoms with Gasteiger partial charge in [-0.1, -0.05) is 24.3 Å². The fourth-order valence-electron chi connectivity index (χ4n) is 5.66. The number of halogens is 8. The molecule has 304 valence electrons. The third kappa shape index (κ3) is 9.87. The minimum atomic E-state index is -4.94. The summed E-state index contributed by atoms with van der Waals surface area (Å²) in [6.45, 7) is 3.32. The van der Waals surface area contributed by atoms with Crippen LogP contribution in [0, 0.1) is 11.6 Å². The molecule has 4 aromatic carbocycles. The Bertz CT molecular complexity index is 2280. The number of hydrogen-bond acceptors (Lipinski definition) is 10. The molecule has 0 saturated heterocycles. The number of ether oxygens (including phenoxy) is 4. The first kappa shape index (κ1) is 41.1. The second-order valence-corrected chi connectivity index (χ2v) is 11.9. The molecule has 0 aliphatic rings. The lowest BCUT2D eigenvalue weighted by Crippen LogP contribution is -2.25. The van der Waals surface area contributed by atoms with Gasteiger partial charge >= 0.3 is 24.7 Å². The number of benzene rings is 4. The maximum absolute atomic E-state index is 14.2. The van der Waals surface area contributed by atoms with Gasteiger partial charge in [0.05, 0.1) is 11.0 Å². The molecular weight excluding hydrogens is 792 g/mol. The van der Waals surface area contributed by atoms with E-state index in [0.29, 0.717) is 12.2 Å². The third-order valence-electron chi connectivity index (χ3n) is 7.89. The molecule has 0 radical (unpaired) electrons. The van der Waals surface area contributed by atoms with Crippen LogP contribution in [0.4, 0.5) is 35.1 Å². The molecule has 0 aliphatic carbocycles. The van der Waals surface area contributed by atoms with E-state index >= 15 is 0 Å². The third-order valence-corrected chi connectivity index (χ3v) is 7.89. The largest absolute Gasteiger partial charge is 0.573 e. The number of nitrogens with zero attached hydrogens (tertiary/aromatic N) is 4. The molecule has 12 nitrogen and oxygen atoms in total. The summed E-state index contributed by atoms with van der Waals surface area (Å²) in [5.41, 5.74) is 0.671. The Hall–Kier alpha value is -6.54. The van der Waals surface area contributed by atoms with Gasteiger partial charge in [-0.3, -0.25) is 0 Å². The van der Waals surface area contributed by atoms with Gasteiger partial charge in [0.25, 0.3) is 0 Å². The summed E-state index contributed by atoms with van der Waals surface area (Å²) >= 11 is 0. The van der Waals surface area contributed by atoms with E-state index in [1.807, 2.05) is 0 Å². The summed E-state index contributed by atoms with van der Waals surface area (Å²) in [7, 11) is 0. The molecule has 58 heavy (non-hydrogen) atoms. The van der Waals surface area contributed by atoms with Crippen LogP contribution in [0.5, 0.6) is 11.5 Å². The van der Waals surface area contributed by atoms with Crippen LogP contribution in [-0.2, 0) is 19.1 Å². The van der Waals surface area contributed by atoms with Crippen molar-refractivity contribution in [3.63, 3.8) is 0 Å². The molecule has 2 aromatic heterocycles. The van der Waals surface area contributed by atoms with Crippen molar-refractivity contribution >= 4 is 34.0 Å². The minimum Gasteiger partial charge on any atom is -0.406 e. The first-order valence-electron chi connectivity index (χ1n) is 16.9. The van der Waals surface area contributed by atoms with Crippen LogP contribution < -0.4 is 19.1 Å². The zero-order chi connectivity index (χ0) is 41.8. The standard InChI is InChI=1S/C38H28F8N4O8/c1-3-53-33(21-5-11-25(12-6-21)55-37(41,42)43)35-47-27-19-23(39)9-15-29(27)49(35)57-31(51)17-18-32(52)58-50-30-16-10-24(40)20-28(30)48-36(50)34(54-4-2)22-7-13-26(14-8-22)56-38(44,45)46/h5-20,33-34H,3-4H2,1-2H3/b18-17-. The van der Waals surface area contributed by atoms with E-state index in [-0.39, 0.29) is 58.1 Å². The van der Waals surface area contributed by atoms with Crippen molar-refractivity contribution < 1.29 is 73.3 Å². The maximum Gasteiger partial charge on any atom is 0.573 e. The molecule has 0 saturated carbocycles. The van der Waals surface area contributed by atoms with Gasteiger partial charge < -0.3 is 28.6 Å². The Morgan fingerprint density at radius 3 is 1.29 bits per heavy atom. The smallest absolute Gasteiger partial charge is 0.406 e. The Labute approximate surface area is 321 Å². The van der Waals surface area contributed by atoms with E-state index in [1.54, 1.807) is 13.8 Å². The summed E-state index contributed by atoms with van der Waals surface area (Å²) in [5.74, 6) is -5.03. The van der Waals surface area contributed by atoms with E-state index in [9.17, 15) is 44.7 Å². The number of carbonyl (C=O) groups is 2. The van der Waals surface area contributed by atoms with Crippen molar-refractivity contribution in [3.05, 3.63) is 131 Å². The lowest BCUT2D eigenvalue weighted by atomic mass is 10.1. The predicted octanol–water partition coefficient (Wildman–Crippen LogP) is 7.88. The molecule has 0 fully saturated rings. The van der Waals surface area contributed by atoms with Gasteiger partial charge in [-0.15, -0.1) is 26.3 Å². The first-order valence-corrected chi connectivity index (χ1v) is 16.9. The SMILES string of the molecule is CCOC(c1ccc(OC(F)(F)F)cc1)c1nc2cc(F)ccc2n1OC(=O)/C=C\C(=O)On1c(C(OCC)c2ccc(OC(F)(F)F)cc2)nc2cc(F)ccc21. The number of alkyl halides is 6. The molecule has 6 aromatic rings. The van der Waals surface area contributed by atoms with E-state index in [4.69, 9.17) is 19.1 Å². The summed E-state index contributed by atoms with van der Waals surface area (Å²) in [6.07, 6.45) is -10.9. The molecule has 2 atom stereocenters. The summed E-state index contributed by atoms with van der Waals surface area (Å²) in [4.78, 5) is 46.2. The lowest BCUT2D eigenvalue weighted by Gasteiger charge is -2.19. The van der Waals surface area contributed by atoms with Gasteiger partial charge in [-0.05, 0) is 73.5 Å². The van der Waals surface area contributed by atoms with Gasteiger partial charge in [0.15, 0.2) is 11.6 Å². The molecule has 20 heteroatoms. The van der Waals surface area contributed by atoms with Crippen LogP contribution in [0.3, 0.4) is 0 Å². The van der Waals surface area contributed by atoms with Gasteiger partial charge in [0.1, 0.15) is 46.4 Å². The average molecular weight is 821 g/mol. The van der Waals surface area contributed by atoms with Crippen LogP contribution in [0.25, 0.3) is 22.1 Å². The molecule has 6 rings (SSSR count).